The highest BCUT2D eigenvalue weighted by Gasteiger charge is 2.59. The molecule has 0 amide bonds. The number of allylic oxidation sites excluding steroid dienone is 1. The van der Waals surface area contributed by atoms with Crippen LogP contribution in [0, 0.1) is 46.3 Å². The fraction of sp³-hybridized carbons (Fsp3) is 0.936. The summed E-state index contributed by atoms with van der Waals surface area (Å²) in [6.45, 7) is 14.3. The molecule has 10 atom stereocenters. The maximum Gasteiger partial charge on any atom is 0.469 e. The molecule has 0 bridgehead atoms. The van der Waals surface area contributed by atoms with E-state index in [4.69, 9.17) is 14.0 Å². The van der Waals surface area contributed by atoms with E-state index in [1.807, 2.05) is 0 Å². The molecule has 0 radical (unpaired) electrons. The third-order valence-electron chi connectivity index (χ3n) is 15.4. The van der Waals surface area contributed by atoms with Crippen LogP contribution in [0.4, 0.5) is 0 Å². The smallest absolute Gasteiger partial charge is 0.469 e. The molecule has 0 saturated heterocycles. The van der Waals surface area contributed by atoms with Crippen LogP contribution < -0.4 is 0 Å². The number of phosphoric ester groups is 1. The summed E-state index contributed by atoms with van der Waals surface area (Å²) in [5.41, 5.74) is 1.98. The first-order chi connectivity index (χ1) is 26.7. The van der Waals surface area contributed by atoms with Gasteiger partial charge in [-0.3, -0.25) is 4.52 Å². The highest BCUT2D eigenvalue weighted by atomic mass is 31.2. The molecular formula is C47H85O8P. The van der Waals surface area contributed by atoms with Crippen molar-refractivity contribution in [2.45, 2.75) is 220 Å². The highest BCUT2D eigenvalue weighted by Crippen LogP contribution is 2.67. The summed E-state index contributed by atoms with van der Waals surface area (Å²) in [5, 5.41) is 10.2. The van der Waals surface area contributed by atoms with Gasteiger partial charge in [0, 0.05) is 6.61 Å². The van der Waals surface area contributed by atoms with Crippen molar-refractivity contribution >= 4 is 13.8 Å². The summed E-state index contributed by atoms with van der Waals surface area (Å²) < 4.78 is 29.0. The normalized spacial score (nSPS) is 30.7. The molecule has 0 aliphatic heterocycles. The van der Waals surface area contributed by atoms with Gasteiger partial charge >= 0.3 is 13.8 Å². The van der Waals surface area contributed by atoms with Gasteiger partial charge in [-0.05, 0) is 104 Å². The summed E-state index contributed by atoms with van der Waals surface area (Å²) in [6.07, 6.45) is 30.0. The Kier molecular flexibility index (Phi) is 19.9. The molecule has 3 fully saturated rings. The van der Waals surface area contributed by atoms with E-state index in [1.54, 1.807) is 0 Å². The number of hydrogen-bond donors (Lipinski definition) is 3. The van der Waals surface area contributed by atoms with Crippen LogP contribution >= 0.6 is 7.82 Å². The second-order valence-electron chi connectivity index (χ2n) is 19.8. The average molecular weight is 809 g/mol. The summed E-state index contributed by atoms with van der Waals surface area (Å²) in [5.74, 6) is 3.37. The van der Waals surface area contributed by atoms with E-state index in [-0.39, 0.29) is 18.1 Å². The Bertz CT molecular complexity index is 1230. The molecule has 6 unspecified atom stereocenters. The molecule has 0 aromatic carbocycles. The number of carbonyl (C=O) groups is 1. The van der Waals surface area contributed by atoms with Gasteiger partial charge in [0.1, 0.15) is 6.10 Å². The van der Waals surface area contributed by atoms with Crippen LogP contribution in [0.3, 0.4) is 0 Å². The van der Waals surface area contributed by atoms with Crippen molar-refractivity contribution in [2.75, 3.05) is 13.2 Å². The van der Waals surface area contributed by atoms with Crippen LogP contribution in [0.15, 0.2) is 11.6 Å². The van der Waals surface area contributed by atoms with Crippen molar-refractivity contribution in [2.24, 2.45) is 46.3 Å². The Morgan fingerprint density at radius 3 is 2.04 bits per heavy atom. The van der Waals surface area contributed by atoms with Gasteiger partial charge in [-0.25, -0.2) is 9.36 Å². The molecule has 4 rings (SSSR count). The van der Waals surface area contributed by atoms with Gasteiger partial charge in [0.25, 0.3) is 0 Å². The first-order valence-corrected chi connectivity index (χ1v) is 25.1. The van der Waals surface area contributed by atoms with Crippen LogP contribution in [0.2, 0.25) is 0 Å². The van der Waals surface area contributed by atoms with Gasteiger partial charge in [-0.15, -0.1) is 0 Å². The predicted molar refractivity (Wildman–Crippen MR) is 227 cm³/mol. The Hall–Kier alpha value is -0.760. The zero-order valence-corrected chi connectivity index (χ0v) is 37.6. The van der Waals surface area contributed by atoms with Gasteiger partial charge in [-0.1, -0.05) is 156 Å². The van der Waals surface area contributed by atoms with Crippen LogP contribution in [-0.2, 0) is 23.4 Å². The number of carboxylic acids is 1. The molecule has 3 saturated carbocycles. The van der Waals surface area contributed by atoms with E-state index in [0.717, 1.165) is 74.5 Å². The topological polar surface area (TPSA) is 123 Å². The van der Waals surface area contributed by atoms with Gasteiger partial charge in [-0.2, -0.15) is 0 Å². The largest absolute Gasteiger partial charge is 0.479 e. The lowest BCUT2D eigenvalue weighted by Gasteiger charge is -2.58. The molecule has 4 aliphatic carbocycles. The van der Waals surface area contributed by atoms with Crippen molar-refractivity contribution in [3.8, 4) is 0 Å². The summed E-state index contributed by atoms with van der Waals surface area (Å²) in [7, 11) is -4.83. The molecule has 0 aromatic heterocycles. The standard InChI is InChI=1S/C47H85O8P/c1-7-8-9-10-11-12-13-14-15-16-17-18-19-20-32-53-44(45(48)49)43(34-54-56(50,51)52)55-38-28-30-46(5)37(33-38)24-25-39-41-27-26-40(36(4)23-21-22-35(2)3)47(41,6)31-29-42(39)46/h24,35-36,38-44H,7-23,25-34H2,1-6H3,(H,48,49)(H2,50,51,52)/t36-,38?,39?,40-,41?,42?,43?,44?,46+,47-/m1/s1. The number of aliphatic carboxylic acids is 1. The van der Waals surface area contributed by atoms with Crippen molar-refractivity contribution in [3.05, 3.63) is 11.6 Å². The molecule has 0 spiro atoms. The molecule has 9 heteroatoms. The fourth-order valence-electron chi connectivity index (χ4n) is 12.2. The number of unbranched alkanes of at least 4 members (excludes halogenated alkanes) is 13. The van der Waals surface area contributed by atoms with E-state index in [9.17, 15) is 24.3 Å². The predicted octanol–water partition coefficient (Wildman–Crippen LogP) is 12.8. The lowest BCUT2D eigenvalue weighted by Crippen LogP contribution is -2.51. The third-order valence-corrected chi connectivity index (χ3v) is 15.9. The molecular weight excluding hydrogens is 723 g/mol. The molecule has 0 aromatic rings. The van der Waals surface area contributed by atoms with E-state index < -0.39 is 32.6 Å². The quantitative estimate of drug-likeness (QED) is 0.0406. The first kappa shape index (κ1) is 47.9. The fourth-order valence-corrected chi connectivity index (χ4v) is 12.6. The van der Waals surface area contributed by atoms with E-state index >= 15 is 0 Å². The van der Waals surface area contributed by atoms with E-state index in [2.05, 4.69) is 47.6 Å². The van der Waals surface area contributed by atoms with Crippen molar-refractivity contribution < 1.29 is 38.3 Å². The lowest BCUT2D eigenvalue weighted by molar-refractivity contribution is -0.172. The Balaban J connectivity index is 1.26. The maximum atomic E-state index is 12.5. The summed E-state index contributed by atoms with van der Waals surface area (Å²) >= 11 is 0. The minimum Gasteiger partial charge on any atom is -0.479 e. The van der Waals surface area contributed by atoms with Crippen LogP contribution in [-0.4, -0.2) is 52.4 Å². The molecule has 326 valence electrons. The molecule has 8 nitrogen and oxygen atoms in total. The van der Waals surface area contributed by atoms with Gasteiger partial charge in [0.2, 0.25) is 0 Å². The minimum absolute atomic E-state index is 0.111. The number of fused-ring (bicyclic) bond motifs is 5. The minimum atomic E-state index is -4.83. The Morgan fingerprint density at radius 1 is 0.821 bits per heavy atom. The SMILES string of the molecule is CCCCCCCCCCCCCCCCOC(C(=O)O)C(COP(=O)(O)O)OC1CC[C@@]2(C)C(=CCC3C2CC[C@@]2(C)C3CC[C@@H]2[C@H](C)CCCC(C)C)C1. The number of hydrogen-bond acceptors (Lipinski definition) is 5. The van der Waals surface area contributed by atoms with Gasteiger partial charge in [0.05, 0.1) is 12.7 Å². The molecule has 4 aliphatic rings. The number of carboxylic acid groups (broad SMARTS) is 1. The Labute approximate surface area is 342 Å². The van der Waals surface area contributed by atoms with Gasteiger partial charge < -0.3 is 24.4 Å². The van der Waals surface area contributed by atoms with E-state index in [1.165, 1.54) is 121 Å². The summed E-state index contributed by atoms with van der Waals surface area (Å²) in [6, 6.07) is 0. The number of ether oxygens (including phenoxy) is 2. The molecule has 0 heterocycles. The molecule has 56 heavy (non-hydrogen) atoms. The second-order valence-corrected chi connectivity index (χ2v) is 21.1. The van der Waals surface area contributed by atoms with Gasteiger partial charge in [0.15, 0.2) is 6.10 Å². The van der Waals surface area contributed by atoms with Crippen molar-refractivity contribution in [3.63, 3.8) is 0 Å². The van der Waals surface area contributed by atoms with Crippen molar-refractivity contribution in [1.29, 1.82) is 0 Å². The maximum absolute atomic E-state index is 12.5. The summed E-state index contributed by atoms with van der Waals surface area (Å²) in [4.78, 5) is 31.6. The highest BCUT2D eigenvalue weighted by molar-refractivity contribution is 7.46. The Morgan fingerprint density at radius 2 is 1.45 bits per heavy atom. The van der Waals surface area contributed by atoms with Crippen LogP contribution in [0.5, 0.6) is 0 Å². The second kappa shape index (κ2) is 23.3. The van der Waals surface area contributed by atoms with Crippen LogP contribution in [0.25, 0.3) is 0 Å². The van der Waals surface area contributed by atoms with E-state index in [0.29, 0.717) is 11.3 Å². The lowest BCUT2D eigenvalue weighted by atomic mass is 9.47. The zero-order chi connectivity index (χ0) is 40.8. The monoisotopic (exact) mass is 809 g/mol. The molecule has 3 N–H and O–H groups in total. The third kappa shape index (κ3) is 13.9. The number of rotatable bonds is 28. The van der Waals surface area contributed by atoms with Crippen molar-refractivity contribution in [1.82, 2.24) is 0 Å². The zero-order valence-electron chi connectivity index (χ0n) is 36.7. The number of phosphoric acid groups is 1. The van der Waals surface area contributed by atoms with Crippen LogP contribution in [0.1, 0.15) is 202 Å². The first-order valence-electron chi connectivity index (χ1n) is 23.6. The average Bonchev–Trinajstić information content (AvgIpc) is 3.50.